The maximum Gasteiger partial charge on any atom is 0.267 e. The number of rotatable bonds is 6. The van der Waals surface area contributed by atoms with Gasteiger partial charge in [0.25, 0.3) is 5.56 Å². The monoisotopic (exact) mass is 429 g/mol. The fourth-order valence-electron chi connectivity index (χ4n) is 2.73. The van der Waals surface area contributed by atoms with Crippen LogP contribution in [0.2, 0.25) is 0 Å². The van der Waals surface area contributed by atoms with Gasteiger partial charge in [-0.2, -0.15) is 5.10 Å². The fraction of sp³-hybridized carbons (Fsp3) is 0.190. The zero-order valence-electron chi connectivity index (χ0n) is 16.4. The van der Waals surface area contributed by atoms with Crippen molar-refractivity contribution in [3.63, 3.8) is 0 Å². The minimum absolute atomic E-state index is 0.296. The second-order valence-electron chi connectivity index (χ2n) is 6.95. The van der Waals surface area contributed by atoms with E-state index >= 15 is 0 Å². The highest BCUT2D eigenvalue weighted by Gasteiger charge is 2.21. The number of nitrogens with one attached hydrogen (secondary N) is 1. The molecule has 9 heteroatoms. The summed E-state index contributed by atoms with van der Waals surface area (Å²) < 4.78 is 39.5. The Kier molecular flexibility index (Phi) is 6.12. The van der Waals surface area contributed by atoms with Crippen LogP contribution in [0.3, 0.4) is 0 Å². The second kappa shape index (κ2) is 8.58. The number of aromatic nitrogens is 2. The van der Waals surface area contributed by atoms with Crippen molar-refractivity contribution in [2.75, 3.05) is 5.32 Å². The van der Waals surface area contributed by atoms with E-state index in [0.29, 0.717) is 11.6 Å². The van der Waals surface area contributed by atoms with E-state index in [9.17, 15) is 22.4 Å². The molecule has 0 unspecified atom stereocenters. The van der Waals surface area contributed by atoms with Crippen LogP contribution in [0.25, 0.3) is 0 Å². The number of sulfone groups is 1. The summed E-state index contributed by atoms with van der Waals surface area (Å²) in [5, 5.41) is 5.99. The molecule has 0 saturated carbocycles. The Balaban J connectivity index is 1.81. The number of hydrogen-bond donors (Lipinski definition) is 1. The third-order valence-corrected chi connectivity index (χ3v) is 6.02. The zero-order chi connectivity index (χ0) is 21.9. The summed E-state index contributed by atoms with van der Waals surface area (Å²) in [4.78, 5) is 24.1. The first kappa shape index (κ1) is 21.4. The standard InChI is InChI=1S/C21H20FN3O4S/c1-14(2)15-6-8-17(9-7-15)23-19(26)13-25-21(27)11-10-20(24-25)30(28,29)18-5-3-4-16(22)12-18/h3-12,14H,13H2,1-2H3,(H,23,26). The smallest absolute Gasteiger partial charge is 0.267 e. The molecule has 3 aromatic rings. The van der Waals surface area contributed by atoms with Crippen molar-refractivity contribution in [3.8, 4) is 0 Å². The molecule has 0 aliphatic heterocycles. The molecule has 156 valence electrons. The van der Waals surface area contributed by atoms with E-state index < -0.39 is 38.7 Å². The molecule has 1 aromatic heterocycles. The van der Waals surface area contributed by atoms with Crippen LogP contribution in [0.4, 0.5) is 10.1 Å². The maximum absolute atomic E-state index is 13.4. The lowest BCUT2D eigenvalue weighted by molar-refractivity contribution is -0.117. The van der Waals surface area contributed by atoms with Crippen molar-refractivity contribution < 1.29 is 17.6 Å². The average Bonchev–Trinajstić information content (AvgIpc) is 2.70. The van der Waals surface area contributed by atoms with E-state index in [1.807, 2.05) is 12.1 Å². The summed E-state index contributed by atoms with van der Waals surface area (Å²) in [6.07, 6.45) is 0. The lowest BCUT2D eigenvalue weighted by atomic mass is 10.0. The Morgan fingerprint density at radius 1 is 1.10 bits per heavy atom. The quantitative estimate of drug-likeness (QED) is 0.650. The van der Waals surface area contributed by atoms with Crippen LogP contribution in [-0.4, -0.2) is 24.1 Å². The molecule has 1 heterocycles. The zero-order valence-corrected chi connectivity index (χ0v) is 17.2. The molecule has 2 aromatic carbocycles. The molecule has 0 spiro atoms. The highest BCUT2D eigenvalue weighted by atomic mass is 32.2. The number of hydrogen-bond acceptors (Lipinski definition) is 5. The summed E-state index contributed by atoms with van der Waals surface area (Å²) >= 11 is 0. The van der Waals surface area contributed by atoms with Crippen molar-refractivity contribution in [2.24, 2.45) is 0 Å². The number of carbonyl (C=O) groups is 1. The molecule has 1 N–H and O–H groups in total. The van der Waals surface area contributed by atoms with Gasteiger partial charge in [0.05, 0.1) is 4.90 Å². The van der Waals surface area contributed by atoms with Gasteiger partial charge in [-0.05, 0) is 47.9 Å². The average molecular weight is 429 g/mol. The lowest BCUT2D eigenvalue weighted by Gasteiger charge is -2.10. The number of nitrogens with zero attached hydrogens (tertiary/aromatic N) is 2. The number of halogens is 1. The SMILES string of the molecule is CC(C)c1ccc(NC(=O)Cn2nc(S(=O)(=O)c3cccc(F)c3)ccc2=O)cc1. The molecule has 3 rings (SSSR count). The van der Waals surface area contributed by atoms with Gasteiger partial charge in [0.2, 0.25) is 15.7 Å². The molecule has 30 heavy (non-hydrogen) atoms. The summed E-state index contributed by atoms with van der Waals surface area (Å²) in [5.41, 5.74) is 1.01. The van der Waals surface area contributed by atoms with Gasteiger partial charge in [0.1, 0.15) is 12.4 Å². The molecule has 0 fully saturated rings. The van der Waals surface area contributed by atoms with Crippen LogP contribution in [0.1, 0.15) is 25.3 Å². The van der Waals surface area contributed by atoms with E-state index in [0.717, 1.165) is 34.5 Å². The molecule has 0 aliphatic rings. The van der Waals surface area contributed by atoms with Crippen LogP contribution in [0.5, 0.6) is 0 Å². The Labute approximate surface area is 173 Å². The Morgan fingerprint density at radius 3 is 2.43 bits per heavy atom. The Hall–Kier alpha value is -3.33. The topological polar surface area (TPSA) is 98.1 Å². The summed E-state index contributed by atoms with van der Waals surface area (Å²) in [6.45, 7) is 3.63. The van der Waals surface area contributed by atoms with E-state index in [1.165, 1.54) is 12.1 Å². The third-order valence-electron chi connectivity index (χ3n) is 4.38. The highest BCUT2D eigenvalue weighted by Crippen LogP contribution is 2.19. The predicted octanol–water partition coefficient (Wildman–Crippen LogP) is 2.98. The Morgan fingerprint density at radius 2 is 1.80 bits per heavy atom. The van der Waals surface area contributed by atoms with Gasteiger partial charge < -0.3 is 5.32 Å². The molecule has 0 aliphatic carbocycles. The fourth-order valence-corrected chi connectivity index (χ4v) is 3.95. The van der Waals surface area contributed by atoms with Gasteiger partial charge in [-0.3, -0.25) is 9.59 Å². The van der Waals surface area contributed by atoms with Crippen LogP contribution in [0, 0.1) is 5.82 Å². The van der Waals surface area contributed by atoms with Crippen molar-refractivity contribution in [2.45, 2.75) is 36.2 Å². The van der Waals surface area contributed by atoms with Crippen molar-refractivity contribution in [1.29, 1.82) is 0 Å². The molecule has 7 nitrogen and oxygen atoms in total. The molecule has 0 bridgehead atoms. The van der Waals surface area contributed by atoms with E-state index in [4.69, 9.17) is 0 Å². The molecular weight excluding hydrogens is 409 g/mol. The van der Waals surface area contributed by atoms with E-state index in [-0.39, 0.29) is 4.90 Å². The van der Waals surface area contributed by atoms with Gasteiger partial charge in [0.15, 0.2) is 5.03 Å². The van der Waals surface area contributed by atoms with Crippen LogP contribution < -0.4 is 10.9 Å². The lowest BCUT2D eigenvalue weighted by Crippen LogP contribution is -2.30. The Bertz CT molecular complexity index is 1240. The first-order valence-corrected chi connectivity index (χ1v) is 10.6. The van der Waals surface area contributed by atoms with Crippen LogP contribution in [-0.2, 0) is 21.2 Å². The summed E-state index contributed by atoms with van der Waals surface area (Å²) in [6, 6.07) is 13.8. The molecule has 1 amide bonds. The maximum atomic E-state index is 13.4. The highest BCUT2D eigenvalue weighted by molar-refractivity contribution is 7.91. The number of anilines is 1. The second-order valence-corrected chi connectivity index (χ2v) is 8.85. The van der Waals surface area contributed by atoms with Crippen LogP contribution >= 0.6 is 0 Å². The third kappa shape index (κ3) is 4.80. The molecule has 0 saturated heterocycles. The van der Waals surface area contributed by atoms with Gasteiger partial charge in [-0.25, -0.2) is 17.5 Å². The minimum Gasteiger partial charge on any atom is -0.324 e. The van der Waals surface area contributed by atoms with Crippen molar-refractivity contribution >= 4 is 21.4 Å². The summed E-state index contributed by atoms with van der Waals surface area (Å²) in [5.74, 6) is -0.908. The summed E-state index contributed by atoms with van der Waals surface area (Å²) in [7, 11) is -4.15. The minimum atomic E-state index is -4.15. The van der Waals surface area contributed by atoms with E-state index in [2.05, 4.69) is 24.3 Å². The predicted molar refractivity (Wildman–Crippen MR) is 110 cm³/mol. The number of carbonyl (C=O) groups excluding carboxylic acids is 1. The molecule has 0 atom stereocenters. The normalized spacial score (nSPS) is 11.5. The van der Waals surface area contributed by atoms with Gasteiger partial charge in [-0.1, -0.05) is 32.0 Å². The first-order valence-electron chi connectivity index (χ1n) is 9.15. The molecule has 0 radical (unpaired) electrons. The first-order chi connectivity index (χ1) is 14.2. The van der Waals surface area contributed by atoms with Gasteiger partial charge in [0, 0.05) is 11.8 Å². The van der Waals surface area contributed by atoms with Crippen molar-refractivity contribution in [3.05, 3.63) is 82.4 Å². The van der Waals surface area contributed by atoms with Crippen molar-refractivity contribution in [1.82, 2.24) is 9.78 Å². The van der Waals surface area contributed by atoms with Gasteiger partial charge in [-0.15, -0.1) is 0 Å². The van der Waals surface area contributed by atoms with E-state index in [1.54, 1.807) is 12.1 Å². The molecular formula is C21H20FN3O4S. The largest absolute Gasteiger partial charge is 0.324 e. The number of benzene rings is 2. The van der Waals surface area contributed by atoms with Crippen LogP contribution in [0.15, 0.2) is 75.4 Å². The number of amides is 1. The van der Waals surface area contributed by atoms with Gasteiger partial charge >= 0.3 is 0 Å².